The van der Waals surface area contributed by atoms with Crippen LogP contribution in [0.15, 0.2) is 40.9 Å². The first kappa shape index (κ1) is 23.0. The van der Waals surface area contributed by atoms with Crippen LogP contribution in [0.25, 0.3) is 22.2 Å². The Kier molecular flexibility index (Phi) is 7.44. The number of aliphatic hydroxyl groups excluding tert-OH is 1. The van der Waals surface area contributed by atoms with Gasteiger partial charge >= 0.3 is 0 Å². The summed E-state index contributed by atoms with van der Waals surface area (Å²) in [4.78, 5) is 6.07. The Morgan fingerprint density at radius 1 is 1.15 bits per heavy atom. The van der Waals surface area contributed by atoms with Crippen LogP contribution in [-0.2, 0) is 0 Å². The number of nitrogens with one attached hydrogen (secondary N) is 1. The van der Waals surface area contributed by atoms with Crippen molar-refractivity contribution in [3.05, 3.63) is 42.3 Å². The number of fused-ring (bicyclic) bond motifs is 1. The Labute approximate surface area is 194 Å². The number of aromatic nitrogens is 2. The number of aliphatic hydroxyl groups is 1. The molecule has 1 saturated heterocycles. The third-order valence-corrected chi connectivity index (χ3v) is 6.21. The molecule has 0 spiro atoms. The number of benzene rings is 2. The number of nitrogens with two attached hydrogens (primary N) is 1. The molecule has 2 atom stereocenters. The van der Waals surface area contributed by atoms with Gasteiger partial charge in [-0.15, -0.1) is 0 Å². The van der Waals surface area contributed by atoms with E-state index in [0.717, 1.165) is 35.1 Å². The molecule has 33 heavy (non-hydrogen) atoms. The van der Waals surface area contributed by atoms with Crippen LogP contribution in [0.2, 0.25) is 0 Å². The SMILES string of the molecule is CCCCCCCCOc1ccc2cc(-c3noc([C@@H]4[C@@H](O)CCN4C(=N)N)n3)ccc2c1. The number of hydrogen-bond donors (Lipinski definition) is 3. The van der Waals surface area contributed by atoms with Crippen molar-refractivity contribution in [2.24, 2.45) is 5.73 Å². The highest BCUT2D eigenvalue weighted by molar-refractivity contribution is 5.87. The Bertz CT molecular complexity index is 1080. The molecule has 0 unspecified atom stereocenters. The second-order valence-corrected chi connectivity index (χ2v) is 8.68. The standard InChI is InChI=1S/C25H33N5O3/c1-2-3-4-5-6-7-14-32-20-11-10-17-15-19(9-8-18(17)16-20)23-28-24(33-29-23)22-21(31)12-13-30(22)25(26)27/h8-11,15-16,21-22,31H,2-7,12-14H2,1H3,(H3,26,27)/t21-,22-/m0/s1. The van der Waals surface area contributed by atoms with Gasteiger partial charge in [-0.2, -0.15) is 4.98 Å². The summed E-state index contributed by atoms with van der Waals surface area (Å²) in [6, 6.07) is 11.5. The molecule has 0 aliphatic carbocycles. The van der Waals surface area contributed by atoms with Crippen LogP contribution in [0, 0.1) is 5.41 Å². The van der Waals surface area contributed by atoms with Gasteiger partial charge in [0.1, 0.15) is 11.8 Å². The fourth-order valence-corrected chi connectivity index (χ4v) is 4.34. The molecule has 2 aromatic carbocycles. The predicted molar refractivity (Wildman–Crippen MR) is 128 cm³/mol. The molecular formula is C25H33N5O3. The fourth-order valence-electron chi connectivity index (χ4n) is 4.34. The lowest BCUT2D eigenvalue weighted by Crippen LogP contribution is -2.37. The van der Waals surface area contributed by atoms with E-state index in [4.69, 9.17) is 20.4 Å². The van der Waals surface area contributed by atoms with Crippen molar-refractivity contribution in [3.63, 3.8) is 0 Å². The zero-order valence-corrected chi connectivity index (χ0v) is 19.2. The van der Waals surface area contributed by atoms with E-state index < -0.39 is 12.1 Å². The van der Waals surface area contributed by atoms with E-state index in [9.17, 15) is 5.11 Å². The van der Waals surface area contributed by atoms with Gasteiger partial charge in [0.2, 0.25) is 5.82 Å². The van der Waals surface area contributed by atoms with E-state index >= 15 is 0 Å². The summed E-state index contributed by atoms with van der Waals surface area (Å²) < 4.78 is 11.4. The van der Waals surface area contributed by atoms with Crippen molar-refractivity contribution in [1.82, 2.24) is 15.0 Å². The minimum Gasteiger partial charge on any atom is -0.494 e. The van der Waals surface area contributed by atoms with Gasteiger partial charge in [-0.05, 0) is 41.8 Å². The van der Waals surface area contributed by atoms with Crippen molar-refractivity contribution in [3.8, 4) is 17.1 Å². The largest absolute Gasteiger partial charge is 0.494 e. The van der Waals surface area contributed by atoms with Crippen molar-refractivity contribution in [1.29, 1.82) is 5.41 Å². The van der Waals surface area contributed by atoms with Crippen LogP contribution < -0.4 is 10.5 Å². The van der Waals surface area contributed by atoms with Gasteiger partial charge in [0, 0.05) is 12.1 Å². The summed E-state index contributed by atoms with van der Waals surface area (Å²) in [7, 11) is 0. The number of rotatable bonds is 10. The minimum absolute atomic E-state index is 0.114. The monoisotopic (exact) mass is 451 g/mol. The van der Waals surface area contributed by atoms with Gasteiger partial charge in [-0.25, -0.2) is 0 Å². The molecule has 4 N–H and O–H groups in total. The summed E-state index contributed by atoms with van der Waals surface area (Å²) in [5.41, 5.74) is 6.46. The normalized spacial score (nSPS) is 18.2. The average Bonchev–Trinajstić information content (AvgIpc) is 3.44. The summed E-state index contributed by atoms with van der Waals surface area (Å²) in [6.07, 6.45) is 7.27. The molecule has 0 bridgehead atoms. The summed E-state index contributed by atoms with van der Waals surface area (Å²) in [6.45, 7) is 3.46. The molecule has 3 aromatic rings. The average molecular weight is 452 g/mol. The van der Waals surface area contributed by atoms with Crippen LogP contribution in [0.5, 0.6) is 5.75 Å². The molecule has 4 rings (SSSR count). The Morgan fingerprint density at radius 3 is 2.73 bits per heavy atom. The zero-order chi connectivity index (χ0) is 23.2. The van der Waals surface area contributed by atoms with Crippen LogP contribution in [0.1, 0.15) is 63.8 Å². The molecular weight excluding hydrogens is 418 g/mol. The third kappa shape index (κ3) is 5.45. The van der Waals surface area contributed by atoms with Gasteiger partial charge in [0.25, 0.3) is 5.89 Å². The topological polar surface area (TPSA) is 121 Å². The minimum atomic E-state index is -0.700. The highest BCUT2D eigenvalue weighted by Gasteiger charge is 2.39. The van der Waals surface area contributed by atoms with Crippen LogP contribution >= 0.6 is 0 Å². The number of unbranched alkanes of at least 4 members (excludes halogenated alkanes) is 5. The molecule has 1 aliphatic rings. The molecule has 0 radical (unpaired) electrons. The molecule has 176 valence electrons. The predicted octanol–water partition coefficient (Wildman–Crippen LogP) is 4.63. The quantitative estimate of drug-likeness (QED) is 0.233. The molecule has 0 saturated carbocycles. The third-order valence-electron chi connectivity index (χ3n) is 6.21. The second kappa shape index (κ2) is 10.7. The molecule has 1 aromatic heterocycles. The number of nitrogens with zero attached hydrogens (tertiary/aromatic N) is 3. The number of ether oxygens (including phenoxy) is 1. The van der Waals surface area contributed by atoms with Gasteiger partial charge in [-0.1, -0.05) is 62.4 Å². The lowest BCUT2D eigenvalue weighted by atomic mass is 10.1. The van der Waals surface area contributed by atoms with E-state index in [-0.39, 0.29) is 11.9 Å². The maximum Gasteiger partial charge on any atom is 0.252 e. The molecule has 2 heterocycles. The zero-order valence-electron chi connectivity index (χ0n) is 19.2. The Balaban J connectivity index is 1.41. The number of hydrogen-bond acceptors (Lipinski definition) is 6. The lowest BCUT2D eigenvalue weighted by molar-refractivity contribution is 0.118. The maximum absolute atomic E-state index is 10.3. The van der Waals surface area contributed by atoms with Gasteiger partial charge < -0.3 is 25.0 Å². The first-order chi connectivity index (χ1) is 16.1. The van der Waals surface area contributed by atoms with Crippen molar-refractivity contribution < 1.29 is 14.4 Å². The van der Waals surface area contributed by atoms with Crippen molar-refractivity contribution in [2.45, 2.75) is 64.0 Å². The molecule has 0 amide bonds. The van der Waals surface area contributed by atoms with E-state index in [1.54, 1.807) is 4.90 Å². The van der Waals surface area contributed by atoms with Crippen LogP contribution in [0.4, 0.5) is 0 Å². The Morgan fingerprint density at radius 2 is 1.91 bits per heavy atom. The Hall–Kier alpha value is -3.13. The number of likely N-dealkylation sites (tertiary alicyclic amines) is 1. The van der Waals surface area contributed by atoms with E-state index in [0.29, 0.717) is 18.8 Å². The van der Waals surface area contributed by atoms with Gasteiger partial charge in [-0.3, -0.25) is 5.41 Å². The van der Waals surface area contributed by atoms with Gasteiger partial charge in [0.05, 0.1) is 12.7 Å². The highest BCUT2D eigenvalue weighted by Crippen LogP contribution is 2.33. The van der Waals surface area contributed by atoms with Gasteiger partial charge in [0.15, 0.2) is 5.96 Å². The van der Waals surface area contributed by atoms with Crippen LogP contribution in [0.3, 0.4) is 0 Å². The van der Waals surface area contributed by atoms with E-state index in [1.807, 2.05) is 30.3 Å². The van der Waals surface area contributed by atoms with Crippen molar-refractivity contribution in [2.75, 3.05) is 13.2 Å². The summed E-state index contributed by atoms with van der Waals surface area (Å²) >= 11 is 0. The number of guanidine groups is 1. The van der Waals surface area contributed by atoms with E-state index in [1.165, 1.54) is 32.1 Å². The van der Waals surface area contributed by atoms with E-state index in [2.05, 4.69) is 23.1 Å². The summed E-state index contributed by atoms with van der Waals surface area (Å²) in [5.74, 6) is 1.48. The molecule has 8 heteroatoms. The fraction of sp³-hybridized carbons (Fsp3) is 0.480. The maximum atomic E-state index is 10.3. The molecule has 1 aliphatic heterocycles. The first-order valence-corrected chi connectivity index (χ1v) is 11.9. The smallest absolute Gasteiger partial charge is 0.252 e. The first-order valence-electron chi connectivity index (χ1n) is 11.9. The second-order valence-electron chi connectivity index (χ2n) is 8.68. The molecule has 8 nitrogen and oxygen atoms in total. The molecule has 1 fully saturated rings. The van der Waals surface area contributed by atoms with Crippen molar-refractivity contribution >= 4 is 16.7 Å². The van der Waals surface area contributed by atoms with Crippen LogP contribution in [-0.4, -0.2) is 45.4 Å². The highest BCUT2D eigenvalue weighted by atomic mass is 16.5. The lowest BCUT2D eigenvalue weighted by Gasteiger charge is -2.22. The summed E-state index contributed by atoms with van der Waals surface area (Å²) in [5, 5.41) is 24.3.